The molecule has 1 atom stereocenters. The summed E-state index contributed by atoms with van der Waals surface area (Å²) in [6, 6.07) is 5.20. The van der Waals surface area contributed by atoms with Gasteiger partial charge in [0.05, 0.1) is 7.11 Å². The van der Waals surface area contributed by atoms with E-state index >= 15 is 0 Å². The Morgan fingerprint density at radius 1 is 1.30 bits per heavy atom. The lowest BCUT2D eigenvalue weighted by atomic mass is 9.98. The maximum Gasteiger partial charge on any atom is 0.389 e. The van der Waals surface area contributed by atoms with Crippen molar-refractivity contribution in [2.75, 3.05) is 33.3 Å². The lowest BCUT2D eigenvalue weighted by molar-refractivity contribution is -0.138. The van der Waals surface area contributed by atoms with Crippen LogP contribution in [0.5, 0.6) is 5.75 Å². The van der Waals surface area contributed by atoms with Gasteiger partial charge in [-0.15, -0.1) is 12.4 Å². The minimum absolute atomic E-state index is 0. The van der Waals surface area contributed by atoms with Crippen LogP contribution in [0.2, 0.25) is 0 Å². The second-order valence-corrected chi connectivity index (χ2v) is 6.26. The number of hydrogen-bond acceptors (Lipinski definition) is 3. The number of nitrogens with zero attached hydrogens (tertiary/aromatic N) is 1. The highest BCUT2D eigenvalue weighted by Gasteiger charge is 2.32. The fourth-order valence-corrected chi connectivity index (χ4v) is 3.17. The number of piperazine rings is 1. The van der Waals surface area contributed by atoms with Gasteiger partial charge in [-0.3, -0.25) is 4.90 Å². The number of alkyl halides is 3. The van der Waals surface area contributed by atoms with E-state index < -0.39 is 12.6 Å². The summed E-state index contributed by atoms with van der Waals surface area (Å²) in [5.74, 6) is 0.633. The highest BCUT2D eigenvalue weighted by atomic mass is 79.9. The number of nitrogens with one attached hydrogen (secondary N) is 1. The van der Waals surface area contributed by atoms with Crippen molar-refractivity contribution in [3.8, 4) is 5.75 Å². The van der Waals surface area contributed by atoms with Crippen molar-refractivity contribution in [1.29, 1.82) is 0 Å². The van der Waals surface area contributed by atoms with Gasteiger partial charge in [0.2, 0.25) is 0 Å². The summed E-state index contributed by atoms with van der Waals surface area (Å²) in [5.41, 5.74) is 0.808. The summed E-state index contributed by atoms with van der Waals surface area (Å²) < 4.78 is 44.3. The molecule has 3 nitrogen and oxygen atoms in total. The molecule has 0 aliphatic carbocycles. The number of benzene rings is 1. The Balaban J connectivity index is 0.00000264. The third-order valence-corrected chi connectivity index (χ3v) is 4.34. The molecule has 1 aromatic carbocycles. The van der Waals surface area contributed by atoms with Crippen LogP contribution in [0.4, 0.5) is 13.2 Å². The zero-order valence-corrected chi connectivity index (χ0v) is 15.2. The predicted octanol–water partition coefficient (Wildman–Crippen LogP) is 4.17. The summed E-state index contributed by atoms with van der Waals surface area (Å²) in [4.78, 5) is 2.10. The molecule has 1 N–H and O–H groups in total. The first kappa shape index (κ1) is 20.5. The van der Waals surface area contributed by atoms with Crippen molar-refractivity contribution in [2.45, 2.75) is 25.1 Å². The van der Waals surface area contributed by atoms with E-state index in [1.54, 1.807) is 13.2 Å². The van der Waals surface area contributed by atoms with Gasteiger partial charge in [-0.2, -0.15) is 13.2 Å². The molecule has 1 aromatic rings. The Bertz CT molecular complexity index is 496. The topological polar surface area (TPSA) is 24.5 Å². The van der Waals surface area contributed by atoms with E-state index in [1.807, 2.05) is 12.1 Å². The van der Waals surface area contributed by atoms with Crippen LogP contribution in [0, 0.1) is 0 Å². The van der Waals surface area contributed by atoms with Gasteiger partial charge in [0, 0.05) is 48.7 Å². The average molecular weight is 418 g/mol. The molecule has 0 aromatic heterocycles. The lowest BCUT2D eigenvalue weighted by Crippen LogP contribution is -2.45. The molecule has 0 saturated carbocycles. The molecule has 8 heteroatoms. The molecule has 1 aliphatic heterocycles. The molecule has 0 bridgehead atoms. The zero-order chi connectivity index (χ0) is 16.2. The molecular formula is C15H21BrClF3N2O. The van der Waals surface area contributed by atoms with Crippen LogP contribution in [-0.2, 0) is 0 Å². The van der Waals surface area contributed by atoms with Crippen LogP contribution in [0.25, 0.3) is 0 Å². The minimum Gasteiger partial charge on any atom is -0.496 e. The molecule has 1 aliphatic rings. The fraction of sp³-hybridized carbons (Fsp3) is 0.600. The average Bonchev–Trinajstić information content (AvgIpc) is 2.48. The van der Waals surface area contributed by atoms with Crippen molar-refractivity contribution in [3.63, 3.8) is 0 Å². The highest BCUT2D eigenvalue weighted by molar-refractivity contribution is 9.10. The number of ether oxygens (including phenoxy) is 1. The minimum atomic E-state index is -4.15. The number of halogens is 5. The molecule has 0 unspecified atom stereocenters. The summed E-state index contributed by atoms with van der Waals surface area (Å²) in [6.45, 7) is 3.05. The van der Waals surface area contributed by atoms with Crippen molar-refractivity contribution >= 4 is 28.3 Å². The smallest absolute Gasteiger partial charge is 0.389 e. The molecule has 2 rings (SSSR count). The Labute approximate surface area is 149 Å². The van der Waals surface area contributed by atoms with Gasteiger partial charge < -0.3 is 10.1 Å². The predicted molar refractivity (Wildman–Crippen MR) is 90.4 cm³/mol. The summed E-state index contributed by atoms with van der Waals surface area (Å²) in [6.07, 6.45) is -4.90. The van der Waals surface area contributed by atoms with E-state index in [0.29, 0.717) is 5.75 Å². The number of methoxy groups -OCH3 is 1. The molecule has 23 heavy (non-hydrogen) atoms. The molecule has 0 spiro atoms. The Morgan fingerprint density at radius 2 is 1.96 bits per heavy atom. The monoisotopic (exact) mass is 416 g/mol. The first-order chi connectivity index (χ1) is 10.4. The van der Waals surface area contributed by atoms with Crippen LogP contribution in [0.15, 0.2) is 22.7 Å². The van der Waals surface area contributed by atoms with Crippen molar-refractivity contribution in [2.24, 2.45) is 0 Å². The Kier molecular flexibility index (Phi) is 8.13. The second kappa shape index (κ2) is 9.11. The third kappa shape index (κ3) is 6.14. The molecule has 132 valence electrons. The van der Waals surface area contributed by atoms with Crippen LogP contribution >= 0.6 is 28.3 Å². The van der Waals surface area contributed by atoms with Gasteiger partial charge in [0.15, 0.2) is 0 Å². The van der Waals surface area contributed by atoms with Crippen LogP contribution in [0.1, 0.15) is 24.4 Å². The second-order valence-electron chi connectivity index (χ2n) is 5.34. The summed E-state index contributed by atoms with van der Waals surface area (Å²) in [5, 5.41) is 3.23. The zero-order valence-electron chi connectivity index (χ0n) is 12.8. The first-order valence-corrected chi connectivity index (χ1v) is 8.05. The van der Waals surface area contributed by atoms with Gasteiger partial charge in [-0.1, -0.05) is 15.9 Å². The van der Waals surface area contributed by atoms with Gasteiger partial charge in [-0.05, 0) is 24.6 Å². The summed E-state index contributed by atoms with van der Waals surface area (Å²) in [7, 11) is 1.55. The fourth-order valence-electron chi connectivity index (χ4n) is 2.79. The standard InChI is InChI=1S/C15H20BrF3N2O.ClH/c1-22-14-3-2-11(16)10-12(14)13(4-5-15(17,18)19)21-8-6-20-7-9-21;/h2-3,10,13,20H,4-9H2,1H3;1H/t13-;/m1./s1. The van der Waals surface area contributed by atoms with Gasteiger partial charge in [0.1, 0.15) is 5.75 Å². The largest absolute Gasteiger partial charge is 0.496 e. The summed E-state index contributed by atoms with van der Waals surface area (Å²) >= 11 is 3.40. The van der Waals surface area contributed by atoms with E-state index in [4.69, 9.17) is 4.74 Å². The number of rotatable bonds is 5. The van der Waals surface area contributed by atoms with Crippen LogP contribution in [-0.4, -0.2) is 44.4 Å². The Hall–Kier alpha value is -0.500. The maximum atomic E-state index is 12.7. The normalized spacial score (nSPS) is 17.4. The van der Waals surface area contributed by atoms with Crippen molar-refractivity contribution in [1.82, 2.24) is 10.2 Å². The highest BCUT2D eigenvalue weighted by Crippen LogP contribution is 2.37. The van der Waals surface area contributed by atoms with Crippen LogP contribution in [0.3, 0.4) is 0 Å². The Morgan fingerprint density at radius 3 is 2.52 bits per heavy atom. The molecule has 1 saturated heterocycles. The van der Waals surface area contributed by atoms with E-state index in [2.05, 4.69) is 26.1 Å². The molecule has 0 radical (unpaired) electrons. The van der Waals surface area contributed by atoms with Gasteiger partial charge in [-0.25, -0.2) is 0 Å². The van der Waals surface area contributed by atoms with Crippen LogP contribution < -0.4 is 10.1 Å². The first-order valence-electron chi connectivity index (χ1n) is 7.25. The van der Waals surface area contributed by atoms with E-state index in [9.17, 15) is 13.2 Å². The van der Waals surface area contributed by atoms with Gasteiger partial charge in [0.25, 0.3) is 0 Å². The van der Waals surface area contributed by atoms with E-state index in [1.165, 1.54) is 0 Å². The molecular weight excluding hydrogens is 397 g/mol. The third-order valence-electron chi connectivity index (χ3n) is 3.84. The molecule has 1 fully saturated rings. The maximum absolute atomic E-state index is 12.7. The molecule has 0 amide bonds. The molecule has 1 heterocycles. The number of hydrogen-bond donors (Lipinski definition) is 1. The quantitative estimate of drug-likeness (QED) is 0.778. The SMILES string of the molecule is COc1ccc(Br)cc1[C@@H](CCC(F)(F)F)N1CCNCC1.Cl. The van der Waals surface area contributed by atoms with Crippen molar-refractivity contribution in [3.05, 3.63) is 28.2 Å². The van der Waals surface area contributed by atoms with E-state index in [0.717, 1.165) is 36.2 Å². The van der Waals surface area contributed by atoms with Gasteiger partial charge >= 0.3 is 6.18 Å². The van der Waals surface area contributed by atoms with E-state index in [-0.39, 0.29) is 24.9 Å². The van der Waals surface area contributed by atoms with Crippen molar-refractivity contribution < 1.29 is 17.9 Å². The lowest BCUT2D eigenvalue weighted by Gasteiger charge is -2.36.